The van der Waals surface area contributed by atoms with Crippen molar-refractivity contribution in [2.75, 3.05) is 19.8 Å². The Labute approximate surface area is 106 Å². The van der Waals surface area contributed by atoms with E-state index in [2.05, 4.69) is 0 Å². The van der Waals surface area contributed by atoms with Gasteiger partial charge in [0.1, 0.15) is 5.75 Å². The van der Waals surface area contributed by atoms with Gasteiger partial charge in [0.25, 0.3) is 5.91 Å². The molecule has 0 aliphatic carbocycles. The molecule has 1 aromatic carbocycles. The molecule has 18 heavy (non-hydrogen) atoms. The van der Waals surface area contributed by atoms with Gasteiger partial charge >= 0.3 is 0 Å². The summed E-state index contributed by atoms with van der Waals surface area (Å²) in [5.74, 6) is -0.0828. The third-order valence-electron chi connectivity index (χ3n) is 3.06. The Bertz CT molecular complexity index is 435. The fourth-order valence-electron chi connectivity index (χ4n) is 2.02. The molecule has 1 fully saturated rings. The Balaban J connectivity index is 2.16. The third-order valence-corrected chi connectivity index (χ3v) is 3.06. The SMILES string of the molecule is CC1COC(CO)CN1C(=O)c1cccc(O)c1. The number of carbonyl (C=O) groups is 1. The molecule has 1 heterocycles. The Morgan fingerprint density at radius 3 is 3.00 bits per heavy atom. The topological polar surface area (TPSA) is 70.0 Å². The Hall–Kier alpha value is -1.59. The summed E-state index contributed by atoms with van der Waals surface area (Å²) in [5, 5.41) is 18.5. The van der Waals surface area contributed by atoms with Gasteiger partial charge in [-0.2, -0.15) is 0 Å². The number of aliphatic hydroxyl groups is 1. The molecule has 5 nitrogen and oxygen atoms in total. The lowest BCUT2D eigenvalue weighted by Gasteiger charge is -2.37. The first-order valence-electron chi connectivity index (χ1n) is 5.94. The molecular weight excluding hydrogens is 234 g/mol. The molecule has 0 saturated carbocycles. The van der Waals surface area contributed by atoms with Gasteiger partial charge in [0.15, 0.2) is 0 Å². The number of aromatic hydroxyl groups is 1. The van der Waals surface area contributed by atoms with Crippen LogP contribution in [0.1, 0.15) is 17.3 Å². The highest BCUT2D eigenvalue weighted by atomic mass is 16.5. The number of aliphatic hydroxyl groups excluding tert-OH is 1. The maximum atomic E-state index is 12.3. The van der Waals surface area contributed by atoms with Gasteiger partial charge < -0.3 is 19.8 Å². The highest BCUT2D eigenvalue weighted by Crippen LogP contribution is 2.18. The van der Waals surface area contributed by atoms with Gasteiger partial charge in [-0.3, -0.25) is 4.79 Å². The van der Waals surface area contributed by atoms with Crippen molar-refractivity contribution in [3.05, 3.63) is 29.8 Å². The number of rotatable bonds is 2. The van der Waals surface area contributed by atoms with E-state index in [4.69, 9.17) is 9.84 Å². The van der Waals surface area contributed by atoms with E-state index in [0.29, 0.717) is 18.7 Å². The quantitative estimate of drug-likeness (QED) is 0.808. The summed E-state index contributed by atoms with van der Waals surface area (Å²) in [6.07, 6.45) is -0.331. The van der Waals surface area contributed by atoms with Crippen LogP contribution in [-0.4, -0.2) is 52.9 Å². The van der Waals surface area contributed by atoms with Crippen molar-refractivity contribution in [3.8, 4) is 5.75 Å². The summed E-state index contributed by atoms with van der Waals surface area (Å²) in [4.78, 5) is 14.0. The van der Waals surface area contributed by atoms with Crippen molar-refractivity contribution < 1.29 is 19.7 Å². The molecule has 0 radical (unpaired) electrons. The van der Waals surface area contributed by atoms with Crippen LogP contribution in [0.3, 0.4) is 0 Å². The number of nitrogens with zero attached hydrogens (tertiary/aromatic N) is 1. The van der Waals surface area contributed by atoms with Crippen molar-refractivity contribution in [1.82, 2.24) is 4.90 Å². The van der Waals surface area contributed by atoms with Gasteiger partial charge in [-0.05, 0) is 25.1 Å². The predicted octanol–water partition coefficient (Wildman–Crippen LogP) is 0.614. The predicted molar refractivity (Wildman–Crippen MR) is 65.4 cm³/mol. The molecular formula is C13H17NO4. The van der Waals surface area contributed by atoms with Gasteiger partial charge in [0.2, 0.25) is 0 Å². The summed E-state index contributed by atoms with van der Waals surface area (Å²) in [6.45, 7) is 2.58. The van der Waals surface area contributed by atoms with E-state index in [-0.39, 0.29) is 30.4 Å². The highest BCUT2D eigenvalue weighted by molar-refractivity contribution is 5.94. The molecule has 1 saturated heterocycles. The molecule has 2 rings (SSSR count). The second-order valence-electron chi connectivity index (χ2n) is 4.49. The molecule has 0 bridgehead atoms. The van der Waals surface area contributed by atoms with Crippen LogP contribution in [0.5, 0.6) is 5.75 Å². The number of carbonyl (C=O) groups excluding carboxylic acids is 1. The van der Waals surface area contributed by atoms with Gasteiger partial charge in [-0.25, -0.2) is 0 Å². The minimum absolute atomic E-state index is 0.0392. The van der Waals surface area contributed by atoms with Crippen LogP contribution in [-0.2, 0) is 4.74 Å². The number of morpholine rings is 1. The second-order valence-corrected chi connectivity index (χ2v) is 4.49. The first-order chi connectivity index (χ1) is 8.61. The van der Waals surface area contributed by atoms with Gasteiger partial charge in [-0.15, -0.1) is 0 Å². The smallest absolute Gasteiger partial charge is 0.254 e. The molecule has 1 amide bonds. The molecule has 2 N–H and O–H groups in total. The van der Waals surface area contributed by atoms with E-state index in [0.717, 1.165) is 0 Å². The number of ether oxygens (including phenoxy) is 1. The van der Waals surface area contributed by atoms with Crippen molar-refractivity contribution in [3.63, 3.8) is 0 Å². The lowest BCUT2D eigenvalue weighted by Crippen LogP contribution is -2.52. The molecule has 2 atom stereocenters. The zero-order valence-electron chi connectivity index (χ0n) is 10.2. The van der Waals surface area contributed by atoms with E-state index in [9.17, 15) is 9.90 Å². The summed E-state index contributed by atoms with van der Waals surface area (Å²) in [7, 11) is 0. The lowest BCUT2D eigenvalue weighted by molar-refractivity contribution is -0.0667. The van der Waals surface area contributed by atoms with Crippen molar-refractivity contribution >= 4 is 5.91 Å². The van der Waals surface area contributed by atoms with Gasteiger partial charge in [0.05, 0.1) is 25.4 Å². The normalized spacial score (nSPS) is 24.0. The zero-order chi connectivity index (χ0) is 13.1. The van der Waals surface area contributed by atoms with E-state index < -0.39 is 0 Å². The standard InChI is InChI=1S/C13H17NO4/c1-9-8-18-12(7-15)6-14(9)13(17)10-3-2-4-11(16)5-10/h2-5,9,12,15-16H,6-8H2,1H3. The van der Waals surface area contributed by atoms with E-state index in [1.54, 1.807) is 17.0 Å². The van der Waals surface area contributed by atoms with E-state index >= 15 is 0 Å². The van der Waals surface area contributed by atoms with Gasteiger partial charge in [-0.1, -0.05) is 6.07 Å². The fraction of sp³-hybridized carbons (Fsp3) is 0.462. The number of benzene rings is 1. The van der Waals surface area contributed by atoms with Gasteiger partial charge in [0, 0.05) is 12.1 Å². The maximum absolute atomic E-state index is 12.3. The zero-order valence-corrected chi connectivity index (χ0v) is 10.2. The fourth-order valence-corrected chi connectivity index (χ4v) is 2.02. The number of hydrogen-bond donors (Lipinski definition) is 2. The van der Waals surface area contributed by atoms with E-state index in [1.165, 1.54) is 12.1 Å². The number of phenols is 1. The minimum atomic E-state index is -0.331. The average Bonchev–Trinajstić information content (AvgIpc) is 2.38. The van der Waals surface area contributed by atoms with Crippen LogP contribution in [0, 0.1) is 0 Å². The maximum Gasteiger partial charge on any atom is 0.254 e. The van der Waals surface area contributed by atoms with Crippen molar-refractivity contribution in [2.45, 2.75) is 19.1 Å². The molecule has 1 aliphatic rings. The third kappa shape index (κ3) is 2.63. The van der Waals surface area contributed by atoms with E-state index in [1.807, 2.05) is 6.92 Å². The average molecular weight is 251 g/mol. The van der Waals surface area contributed by atoms with Crippen LogP contribution in [0.15, 0.2) is 24.3 Å². The number of amides is 1. The van der Waals surface area contributed by atoms with Crippen LogP contribution in [0.2, 0.25) is 0 Å². The minimum Gasteiger partial charge on any atom is -0.508 e. The molecule has 5 heteroatoms. The first kappa shape index (κ1) is 12.9. The summed E-state index contributed by atoms with van der Waals surface area (Å²) >= 11 is 0. The van der Waals surface area contributed by atoms with Crippen molar-refractivity contribution in [1.29, 1.82) is 0 Å². The van der Waals surface area contributed by atoms with Crippen LogP contribution in [0.4, 0.5) is 0 Å². The molecule has 98 valence electrons. The number of hydrogen-bond acceptors (Lipinski definition) is 4. The van der Waals surface area contributed by atoms with Crippen LogP contribution in [0.25, 0.3) is 0 Å². The summed E-state index contributed by atoms with van der Waals surface area (Å²) in [5.41, 5.74) is 0.445. The van der Waals surface area contributed by atoms with Crippen LogP contribution < -0.4 is 0 Å². The Kier molecular flexibility index (Phi) is 3.84. The first-order valence-corrected chi connectivity index (χ1v) is 5.94. The molecule has 1 aliphatic heterocycles. The molecule has 1 aromatic rings. The summed E-state index contributed by atoms with van der Waals surface area (Å²) < 4.78 is 5.39. The van der Waals surface area contributed by atoms with Crippen LogP contribution >= 0.6 is 0 Å². The Morgan fingerprint density at radius 2 is 2.33 bits per heavy atom. The highest BCUT2D eigenvalue weighted by Gasteiger charge is 2.29. The second kappa shape index (κ2) is 5.37. The Morgan fingerprint density at radius 1 is 1.56 bits per heavy atom. The summed E-state index contributed by atoms with van der Waals surface area (Å²) in [6, 6.07) is 6.23. The lowest BCUT2D eigenvalue weighted by atomic mass is 10.1. The molecule has 0 aromatic heterocycles. The monoisotopic (exact) mass is 251 g/mol. The molecule has 2 unspecified atom stereocenters. The largest absolute Gasteiger partial charge is 0.508 e. The molecule has 0 spiro atoms. The van der Waals surface area contributed by atoms with Crippen molar-refractivity contribution in [2.24, 2.45) is 0 Å². The number of phenolic OH excluding ortho intramolecular Hbond substituents is 1.